The van der Waals surface area contributed by atoms with E-state index in [1.807, 2.05) is 88.0 Å². The van der Waals surface area contributed by atoms with Gasteiger partial charge in [0, 0.05) is 27.9 Å². The molecule has 7 nitrogen and oxygen atoms in total. The van der Waals surface area contributed by atoms with E-state index in [1.165, 1.54) is 0 Å². The normalized spacial score (nSPS) is 19.4. The summed E-state index contributed by atoms with van der Waals surface area (Å²) in [5.74, 6) is -0.500. The van der Waals surface area contributed by atoms with E-state index in [0.717, 1.165) is 0 Å². The number of hydrogen-bond acceptors (Lipinski definition) is 4. The van der Waals surface area contributed by atoms with Gasteiger partial charge in [-0.2, -0.15) is 0 Å². The van der Waals surface area contributed by atoms with Crippen LogP contribution in [0.4, 0.5) is 0 Å². The van der Waals surface area contributed by atoms with E-state index in [-0.39, 0.29) is 49.4 Å². The lowest BCUT2D eigenvalue weighted by Crippen LogP contribution is -2.61. The lowest BCUT2D eigenvalue weighted by atomic mass is 10.00. The maximum absolute atomic E-state index is 13.5. The van der Waals surface area contributed by atoms with Crippen LogP contribution in [0, 0.1) is 0 Å². The van der Waals surface area contributed by atoms with Crippen molar-refractivity contribution < 1.29 is 14.4 Å². The Labute approximate surface area is 195 Å². The number of carbonyl (C=O) groups excluding carboxylic acids is 3. The molecule has 3 amide bonds. The van der Waals surface area contributed by atoms with Crippen molar-refractivity contribution in [2.24, 2.45) is 0 Å². The van der Waals surface area contributed by atoms with E-state index in [1.54, 1.807) is 14.7 Å². The standard InChI is InChI=1S/C25H46N4O3/c1-18-14-27(23(5,6)7)20(31)16-29(25(11,12)13)21(32)17-28(24(8,9)10)19(30)15-26(18)22(2,3)4/h1,14-17H2,2-13H3. The summed E-state index contributed by atoms with van der Waals surface area (Å²) in [6, 6.07) is 0. The first-order valence-electron chi connectivity index (χ1n) is 11.4. The highest BCUT2D eigenvalue weighted by atomic mass is 16.2. The number of carbonyl (C=O) groups is 3. The van der Waals surface area contributed by atoms with Crippen LogP contribution in [-0.2, 0) is 14.4 Å². The van der Waals surface area contributed by atoms with Crippen molar-refractivity contribution in [1.29, 1.82) is 0 Å². The van der Waals surface area contributed by atoms with E-state index < -0.39 is 16.6 Å². The average molecular weight is 451 g/mol. The van der Waals surface area contributed by atoms with Gasteiger partial charge in [-0.3, -0.25) is 14.4 Å². The Morgan fingerprint density at radius 2 is 0.688 bits per heavy atom. The van der Waals surface area contributed by atoms with Gasteiger partial charge in [0.2, 0.25) is 17.7 Å². The van der Waals surface area contributed by atoms with Crippen LogP contribution in [0.2, 0.25) is 0 Å². The molecular formula is C25H46N4O3. The molecule has 0 aliphatic carbocycles. The molecule has 1 heterocycles. The van der Waals surface area contributed by atoms with Crippen molar-refractivity contribution in [3.8, 4) is 0 Å². The van der Waals surface area contributed by atoms with Crippen molar-refractivity contribution in [2.45, 2.75) is 105 Å². The topological polar surface area (TPSA) is 64.2 Å². The Bertz CT molecular complexity index is 617. The molecule has 0 N–H and O–H groups in total. The van der Waals surface area contributed by atoms with Gasteiger partial charge in [-0.1, -0.05) is 6.58 Å². The summed E-state index contributed by atoms with van der Waals surface area (Å²) in [7, 11) is 0. The minimum absolute atomic E-state index is 0.0470. The number of rotatable bonds is 0. The van der Waals surface area contributed by atoms with Crippen LogP contribution in [0.5, 0.6) is 0 Å². The summed E-state index contributed by atoms with van der Waals surface area (Å²) >= 11 is 0. The zero-order chi connectivity index (χ0) is 25.4. The molecule has 184 valence electrons. The molecule has 1 saturated heterocycles. The molecule has 0 unspecified atom stereocenters. The smallest absolute Gasteiger partial charge is 0.243 e. The van der Waals surface area contributed by atoms with Gasteiger partial charge >= 0.3 is 0 Å². The van der Waals surface area contributed by atoms with Gasteiger partial charge in [-0.15, -0.1) is 0 Å². The van der Waals surface area contributed by atoms with E-state index >= 15 is 0 Å². The molecule has 0 aromatic rings. The van der Waals surface area contributed by atoms with E-state index in [4.69, 9.17) is 0 Å². The lowest BCUT2D eigenvalue weighted by Gasteiger charge is -2.47. The fourth-order valence-corrected chi connectivity index (χ4v) is 3.85. The van der Waals surface area contributed by atoms with E-state index in [2.05, 4.69) is 6.58 Å². The molecule has 0 aromatic carbocycles. The Kier molecular flexibility index (Phi) is 7.93. The third-order valence-electron chi connectivity index (χ3n) is 5.74. The minimum atomic E-state index is -0.568. The Morgan fingerprint density at radius 1 is 0.469 bits per heavy atom. The van der Waals surface area contributed by atoms with Gasteiger partial charge < -0.3 is 19.6 Å². The third-order valence-corrected chi connectivity index (χ3v) is 5.74. The van der Waals surface area contributed by atoms with Crippen molar-refractivity contribution in [3.05, 3.63) is 12.3 Å². The van der Waals surface area contributed by atoms with Gasteiger partial charge in [0.25, 0.3) is 0 Å². The number of hydrogen-bond donors (Lipinski definition) is 0. The van der Waals surface area contributed by atoms with Gasteiger partial charge in [0.05, 0.1) is 13.1 Å². The highest BCUT2D eigenvalue weighted by molar-refractivity contribution is 5.90. The summed E-state index contributed by atoms with van der Waals surface area (Å²) in [5.41, 5.74) is -1.26. The van der Waals surface area contributed by atoms with Crippen molar-refractivity contribution in [2.75, 3.05) is 26.2 Å². The SMILES string of the molecule is C=C1CN(C(C)(C)C)C(=O)CN(C(C)(C)C)C(=O)CN(C(C)(C)C)C(=O)CN1C(C)(C)C. The summed E-state index contributed by atoms with van der Waals surface area (Å²) in [4.78, 5) is 47.4. The lowest BCUT2D eigenvalue weighted by molar-refractivity contribution is -0.153. The van der Waals surface area contributed by atoms with E-state index in [0.29, 0.717) is 5.70 Å². The second-order valence-corrected chi connectivity index (χ2v) is 12.8. The average Bonchev–Trinajstić information content (AvgIpc) is 2.54. The molecule has 0 bridgehead atoms. The predicted octanol–water partition coefficient (Wildman–Crippen LogP) is 3.50. The Hall–Kier alpha value is -2.05. The van der Waals surface area contributed by atoms with Gasteiger partial charge in [0.15, 0.2) is 0 Å². The molecular weight excluding hydrogens is 404 g/mol. The molecule has 0 saturated carbocycles. The Morgan fingerprint density at radius 3 is 0.938 bits per heavy atom. The fraction of sp³-hybridized carbons (Fsp3) is 0.800. The van der Waals surface area contributed by atoms with Gasteiger partial charge in [0.1, 0.15) is 13.1 Å². The molecule has 1 aliphatic heterocycles. The zero-order valence-corrected chi connectivity index (χ0v) is 22.5. The molecule has 32 heavy (non-hydrogen) atoms. The van der Waals surface area contributed by atoms with Crippen LogP contribution in [-0.4, -0.2) is 85.7 Å². The molecule has 1 rings (SSSR count). The van der Waals surface area contributed by atoms with Crippen LogP contribution in [0.15, 0.2) is 12.3 Å². The summed E-state index contributed by atoms with van der Waals surface area (Å²) in [6.07, 6.45) is 0. The molecule has 1 aliphatic rings. The zero-order valence-electron chi connectivity index (χ0n) is 22.5. The quantitative estimate of drug-likeness (QED) is 0.567. The second-order valence-electron chi connectivity index (χ2n) is 12.8. The highest BCUT2D eigenvalue weighted by Gasteiger charge is 2.39. The Balaban J connectivity index is 3.64. The first-order chi connectivity index (χ1) is 14.1. The molecule has 0 spiro atoms. The monoisotopic (exact) mass is 450 g/mol. The van der Waals surface area contributed by atoms with Crippen LogP contribution in [0.3, 0.4) is 0 Å². The molecule has 0 atom stereocenters. The van der Waals surface area contributed by atoms with Crippen LogP contribution >= 0.6 is 0 Å². The summed E-state index contributed by atoms with van der Waals surface area (Å²) in [6.45, 7) is 28.0. The van der Waals surface area contributed by atoms with Crippen molar-refractivity contribution in [3.63, 3.8) is 0 Å². The van der Waals surface area contributed by atoms with Crippen LogP contribution < -0.4 is 0 Å². The first-order valence-corrected chi connectivity index (χ1v) is 11.4. The maximum Gasteiger partial charge on any atom is 0.243 e. The fourth-order valence-electron chi connectivity index (χ4n) is 3.85. The predicted molar refractivity (Wildman–Crippen MR) is 130 cm³/mol. The van der Waals surface area contributed by atoms with Gasteiger partial charge in [-0.25, -0.2) is 0 Å². The van der Waals surface area contributed by atoms with Gasteiger partial charge in [-0.05, 0) is 83.1 Å². The summed E-state index contributed by atoms with van der Waals surface area (Å²) in [5, 5.41) is 0. The number of amides is 3. The maximum atomic E-state index is 13.5. The molecule has 1 fully saturated rings. The van der Waals surface area contributed by atoms with Crippen LogP contribution in [0.1, 0.15) is 83.1 Å². The molecule has 0 radical (unpaired) electrons. The highest BCUT2D eigenvalue weighted by Crippen LogP contribution is 2.26. The molecule has 7 heteroatoms. The van der Waals surface area contributed by atoms with E-state index in [9.17, 15) is 14.4 Å². The second kappa shape index (κ2) is 9.06. The summed E-state index contributed by atoms with van der Waals surface area (Å²) < 4.78 is 0. The van der Waals surface area contributed by atoms with Crippen molar-refractivity contribution >= 4 is 17.7 Å². The number of nitrogens with zero attached hydrogens (tertiary/aromatic N) is 4. The minimum Gasteiger partial charge on any atom is -0.360 e. The van der Waals surface area contributed by atoms with Crippen molar-refractivity contribution in [1.82, 2.24) is 19.6 Å². The largest absolute Gasteiger partial charge is 0.360 e. The first kappa shape index (κ1) is 28.0. The molecule has 0 aromatic heterocycles. The van der Waals surface area contributed by atoms with Crippen LogP contribution in [0.25, 0.3) is 0 Å². The third kappa shape index (κ3) is 6.97.